The van der Waals surface area contributed by atoms with Gasteiger partial charge < -0.3 is 15.2 Å². The summed E-state index contributed by atoms with van der Waals surface area (Å²) in [5, 5.41) is 11.6. The lowest BCUT2D eigenvalue weighted by molar-refractivity contribution is -0.138. The fourth-order valence-corrected chi connectivity index (χ4v) is 3.17. The van der Waals surface area contributed by atoms with E-state index in [0.29, 0.717) is 5.76 Å². The summed E-state index contributed by atoms with van der Waals surface area (Å²) < 4.78 is 10.7. The smallest absolute Gasteiger partial charge is 0.338 e. The van der Waals surface area contributed by atoms with Crippen LogP contribution in [0.25, 0.3) is 10.8 Å². The predicted molar refractivity (Wildman–Crippen MR) is 98.5 cm³/mol. The number of benzene rings is 2. The van der Waals surface area contributed by atoms with Gasteiger partial charge in [0.1, 0.15) is 24.0 Å². The van der Waals surface area contributed by atoms with Gasteiger partial charge in [-0.1, -0.05) is 55.1 Å². The minimum Gasteiger partial charge on any atom is -0.458 e. The first-order valence-corrected chi connectivity index (χ1v) is 8.12. The molecule has 2 aromatic rings. The number of hydrogen-bond donors (Lipinski definition) is 1. The SMILES string of the molecule is C=CCOC(=O)C1=C(C)OC(N)=C(C#N)[C@H]1c1cccc2ccccc12. The van der Waals surface area contributed by atoms with Crippen LogP contribution in [0.3, 0.4) is 0 Å². The zero-order chi connectivity index (χ0) is 18.7. The van der Waals surface area contributed by atoms with Gasteiger partial charge in [-0.3, -0.25) is 0 Å². The molecule has 0 fully saturated rings. The maximum atomic E-state index is 12.7. The quantitative estimate of drug-likeness (QED) is 0.674. The first kappa shape index (κ1) is 17.3. The van der Waals surface area contributed by atoms with Crippen LogP contribution in [0.4, 0.5) is 0 Å². The van der Waals surface area contributed by atoms with Crippen molar-refractivity contribution in [1.29, 1.82) is 5.26 Å². The van der Waals surface area contributed by atoms with Gasteiger partial charge >= 0.3 is 5.97 Å². The van der Waals surface area contributed by atoms with Gasteiger partial charge in [0.05, 0.1) is 11.5 Å². The molecule has 5 nitrogen and oxygen atoms in total. The highest BCUT2D eigenvalue weighted by Crippen LogP contribution is 2.41. The fraction of sp³-hybridized carbons (Fsp3) is 0.143. The van der Waals surface area contributed by atoms with E-state index in [0.717, 1.165) is 16.3 Å². The van der Waals surface area contributed by atoms with E-state index in [1.165, 1.54) is 6.08 Å². The summed E-state index contributed by atoms with van der Waals surface area (Å²) in [6, 6.07) is 15.6. The van der Waals surface area contributed by atoms with Crippen LogP contribution >= 0.6 is 0 Å². The van der Waals surface area contributed by atoms with Gasteiger partial charge in [0.2, 0.25) is 5.88 Å². The summed E-state index contributed by atoms with van der Waals surface area (Å²) in [7, 11) is 0. The van der Waals surface area contributed by atoms with Gasteiger partial charge in [0.25, 0.3) is 0 Å². The Balaban J connectivity index is 2.24. The minimum atomic E-state index is -0.655. The Morgan fingerprint density at radius 2 is 2.08 bits per heavy atom. The molecule has 3 rings (SSSR count). The van der Waals surface area contributed by atoms with Crippen molar-refractivity contribution in [2.24, 2.45) is 5.73 Å². The Morgan fingerprint density at radius 3 is 2.81 bits per heavy atom. The number of carbonyl (C=O) groups excluding carboxylic acids is 1. The van der Waals surface area contributed by atoms with Gasteiger partial charge in [-0.05, 0) is 23.3 Å². The van der Waals surface area contributed by atoms with Crippen molar-refractivity contribution in [3.63, 3.8) is 0 Å². The zero-order valence-corrected chi connectivity index (χ0v) is 14.4. The topological polar surface area (TPSA) is 85.3 Å². The predicted octanol–water partition coefficient (Wildman–Crippen LogP) is 3.65. The van der Waals surface area contributed by atoms with Gasteiger partial charge in [-0.25, -0.2) is 4.79 Å². The lowest BCUT2D eigenvalue weighted by Crippen LogP contribution is -2.25. The van der Waals surface area contributed by atoms with E-state index in [9.17, 15) is 10.1 Å². The molecule has 0 amide bonds. The Labute approximate surface area is 151 Å². The van der Waals surface area contributed by atoms with Crippen LogP contribution in [-0.2, 0) is 14.3 Å². The second-order valence-corrected chi connectivity index (χ2v) is 5.85. The maximum absolute atomic E-state index is 12.7. The van der Waals surface area contributed by atoms with E-state index in [1.54, 1.807) is 6.92 Å². The second-order valence-electron chi connectivity index (χ2n) is 5.85. The molecule has 0 radical (unpaired) electrons. The molecule has 0 aromatic heterocycles. The second kappa shape index (κ2) is 7.16. The minimum absolute atomic E-state index is 0.00297. The zero-order valence-electron chi connectivity index (χ0n) is 14.4. The average Bonchev–Trinajstić information content (AvgIpc) is 2.65. The lowest BCUT2D eigenvalue weighted by Gasteiger charge is -2.27. The number of carbonyl (C=O) groups is 1. The van der Waals surface area contributed by atoms with Gasteiger partial charge in [-0.15, -0.1) is 0 Å². The first-order valence-electron chi connectivity index (χ1n) is 8.12. The molecule has 5 heteroatoms. The summed E-state index contributed by atoms with van der Waals surface area (Å²) >= 11 is 0. The molecule has 0 unspecified atom stereocenters. The maximum Gasteiger partial charge on any atom is 0.338 e. The van der Waals surface area contributed by atoms with Crippen LogP contribution in [0.15, 0.2) is 77.9 Å². The van der Waals surface area contributed by atoms with Crippen LogP contribution in [0.1, 0.15) is 18.4 Å². The van der Waals surface area contributed by atoms with Crippen molar-refractivity contribution in [3.8, 4) is 6.07 Å². The summed E-state index contributed by atoms with van der Waals surface area (Å²) in [5.74, 6) is -0.880. The molecule has 26 heavy (non-hydrogen) atoms. The highest BCUT2D eigenvalue weighted by Gasteiger charge is 2.36. The molecule has 1 atom stereocenters. The Bertz CT molecular complexity index is 990. The molecule has 2 aromatic carbocycles. The van der Waals surface area contributed by atoms with Gasteiger partial charge in [-0.2, -0.15) is 5.26 Å². The number of allylic oxidation sites excluding steroid dienone is 2. The van der Waals surface area contributed by atoms with Crippen molar-refractivity contribution in [2.75, 3.05) is 6.61 Å². The molecule has 0 aliphatic carbocycles. The molecule has 0 saturated heterocycles. The Hall–Kier alpha value is -3.52. The van der Waals surface area contributed by atoms with Crippen LogP contribution in [0.5, 0.6) is 0 Å². The van der Waals surface area contributed by atoms with Crippen LogP contribution < -0.4 is 5.73 Å². The van der Waals surface area contributed by atoms with Crippen molar-refractivity contribution in [1.82, 2.24) is 0 Å². The fourth-order valence-electron chi connectivity index (χ4n) is 3.17. The highest BCUT2D eigenvalue weighted by molar-refractivity contribution is 5.95. The molecular formula is C21H18N2O3. The van der Waals surface area contributed by atoms with Crippen molar-refractivity contribution in [3.05, 3.63) is 83.5 Å². The summed E-state index contributed by atoms with van der Waals surface area (Å²) in [5.41, 5.74) is 7.21. The van der Waals surface area contributed by atoms with Crippen LogP contribution in [-0.4, -0.2) is 12.6 Å². The third-order valence-electron chi connectivity index (χ3n) is 4.29. The summed E-state index contributed by atoms with van der Waals surface area (Å²) in [6.07, 6.45) is 1.49. The van der Waals surface area contributed by atoms with Crippen molar-refractivity contribution < 1.29 is 14.3 Å². The van der Waals surface area contributed by atoms with Gasteiger partial charge in [0, 0.05) is 0 Å². The molecule has 1 heterocycles. The largest absolute Gasteiger partial charge is 0.458 e. The van der Waals surface area contributed by atoms with E-state index in [2.05, 4.69) is 12.6 Å². The van der Waals surface area contributed by atoms with E-state index in [1.807, 2.05) is 42.5 Å². The molecule has 0 bridgehead atoms. The number of rotatable bonds is 4. The third-order valence-corrected chi connectivity index (χ3v) is 4.29. The monoisotopic (exact) mass is 346 g/mol. The van der Waals surface area contributed by atoms with Crippen LogP contribution in [0, 0.1) is 11.3 Å². The number of nitrogens with zero attached hydrogens (tertiary/aromatic N) is 1. The molecule has 130 valence electrons. The number of nitriles is 1. The van der Waals surface area contributed by atoms with Crippen molar-refractivity contribution in [2.45, 2.75) is 12.8 Å². The molecule has 1 aliphatic heterocycles. The van der Waals surface area contributed by atoms with E-state index in [4.69, 9.17) is 15.2 Å². The Kier molecular flexibility index (Phi) is 4.76. The normalized spacial score (nSPS) is 16.8. The van der Waals surface area contributed by atoms with E-state index in [-0.39, 0.29) is 23.6 Å². The van der Waals surface area contributed by atoms with Gasteiger partial charge in [0.15, 0.2) is 0 Å². The molecule has 0 saturated carbocycles. The average molecular weight is 346 g/mol. The standard InChI is InChI=1S/C21H18N2O3/c1-3-11-25-21(24)18-13(2)26-20(23)17(12-22)19(18)16-10-6-8-14-7-4-5-9-15(14)16/h3-10,19H,1,11,23H2,2H3/t19-/m1/s1. The van der Waals surface area contributed by atoms with E-state index >= 15 is 0 Å². The number of esters is 1. The number of ether oxygens (including phenoxy) is 2. The molecule has 1 aliphatic rings. The Morgan fingerprint density at radius 1 is 1.35 bits per heavy atom. The first-order chi connectivity index (χ1) is 12.6. The summed E-state index contributed by atoms with van der Waals surface area (Å²) in [6.45, 7) is 5.26. The molecule has 2 N–H and O–H groups in total. The number of fused-ring (bicyclic) bond motifs is 1. The highest BCUT2D eigenvalue weighted by atomic mass is 16.5. The third kappa shape index (κ3) is 2.93. The number of hydrogen-bond acceptors (Lipinski definition) is 5. The number of nitrogens with two attached hydrogens (primary N) is 1. The summed E-state index contributed by atoms with van der Waals surface area (Å²) in [4.78, 5) is 12.7. The van der Waals surface area contributed by atoms with E-state index < -0.39 is 11.9 Å². The van der Waals surface area contributed by atoms with Crippen molar-refractivity contribution >= 4 is 16.7 Å². The van der Waals surface area contributed by atoms with Crippen LogP contribution in [0.2, 0.25) is 0 Å². The molecule has 0 spiro atoms. The lowest BCUT2D eigenvalue weighted by atomic mass is 9.81. The molecular weight excluding hydrogens is 328 g/mol.